The highest BCUT2D eigenvalue weighted by molar-refractivity contribution is 5.06. The third kappa shape index (κ3) is 1.24. The van der Waals surface area contributed by atoms with Gasteiger partial charge in [-0.25, -0.2) is 0 Å². The van der Waals surface area contributed by atoms with Gasteiger partial charge in [0.25, 0.3) is 0 Å². The highest BCUT2D eigenvalue weighted by atomic mass is 16.5. The number of rotatable bonds is 3. The summed E-state index contributed by atoms with van der Waals surface area (Å²) in [4.78, 5) is 4.17. The van der Waals surface area contributed by atoms with E-state index in [-0.39, 0.29) is 12.1 Å². The Hall–Kier alpha value is -0.940. The number of hydrogen-bond acceptors (Lipinski definition) is 5. The molecule has 1 fully saturated rings. The van der Waals surface area contributed by atoms with Crippen LogP contribution < -0.4 is 5.73 Å². The summed E-state index contributed by atoms with van der Waals surface area (Å²) in [5.74, 6) is 1.11. The van der Waals surface area contributed by atoms with E-state index in [4.69, 9.17) is 15.0 Å². The highest BCUT2D eigenvalue weighted by Crippen LogP contribution is 2.42. The van der Waals surface area contributed by atoms with Crippen molar-refractivity contribution in [3.63, 3.8) is 0 Å². The number of aromatic nitrogens is 2. The van der Waals surface area contributed by atoms with E-state index < -0.39 is 0 Å². The lowest BCUT2D eigenvalue weighted by atomic mass is 9.79. The monoisotopic (exact) mass is 183 g/mol. The molecule has 5 heteroatoms. The predicted octanol–water partition coefficient (Wildman–Crippen LogP) is 0.554. The molecule has 0 unspecified atom stereocenters. The van der Waals surface area contributed by atoms with Crippen molar-refractivity contribution in [2.45, 2.75) is 31.4 Å². The summed E-state index contributed by atoms with van der Waals surface area (Å²) in [6, 6.07) is 0. The predicted molar refractivity (Wildman–Crippen MR) is 44.7 cm³/mol. The first-order valence-corrected chi connectivity index (χ1v) is 4.39. The zero-order chi connectivity index (χ0) is 9.31. The molecule has 0 spiro atoms. The lowest BCUT2D eigenvalue weighted by Crippen LogP contribution is -2.37. The van der Waals surface area contributed by atoms with Gasteiger partial charge in [-0.3, -0.25) is 0 Å². The fourth-order valence-corrected chi connectivity index (χ4v) is 1.54. The number of methoxy groups -OCH3 is 1. The first-order chi connectivity index (χ1) is 6.30. The van der Waals surface area contributed by atoms with Gasteiger partial charge >= 0.3 is 0 Å². The van der Waals surface area contributed by atoms with Gasteiger partial charge in [0.1, 0.15) is 5.60 Å². The average Bonchev–Trinajstić information content (AvgIpc) is 2.52. The number of nitrogens with zero attached hydrogens (tertiary/aromatic N) is 2. The van der Waals surface area contributed by atoms with Crippen LogP contribution in [-0.2, 0) is 16.9 Å². The largest absolute Gasteiger partial charge is 0.370 e. The van der Waals surface area contributed by atoms with Gasteiger partial charge in [-0.15, -0.1) is 0 Å². The Kier molecular flexibility index (Phi) is 2.05. The molecule has 0 amide bonds. The minimum Gasteiger partial charge on any atom is -0.370 e. The molecule has 5 nitrogen and oxygen atoms in total. The SMILES string of the molecule is COC1(c2noc(CN)n2)CCC1. The molecule has 1 aliphatic carbocycles. The zero-order valence-corrected chi connectivity index (χ0v) is 7.62. The summed E-state index contributed by atoms with van der Waals surface area (Å²) in [5, 5.41) is 3.86. The summed E-state index contributed by atoms with van der Waals surface area (Å²) >= 11 is 0. The van der Waals surface area contributed by atoms with Gasteiger partial charge in [0.15, 0.2) is 0 Å². The van der Waals surface area contributed by atoms with Gasteiger partial charge in [-0.2, -0.15) is 4.98 Å². The molecule has 0 aliphatic heterocycles. The summed E-state index contributed by atoms with van der Waals surface area (Å²) in [6.45, 7) is 0.285. The second-order valence-electron chi connectivity index (χ2n) is 3.27. The van der Waals surface area contributed by atoms with E-state index in [0.29, 0.717) is 11.7 Å². The van der Waals surface area contributed by atoms with Crippen LogP contribution in [-0.4, -0.2) is 17.3 Å². The molecule has 0 radical (unpaired) electrons. The third-order valence-electron chi connectivity index (χ3n) is 2.60. The minimum atomic E-state index is -0.295. The lowest BCUT2D eigenvalue weighted by molar-refractivity contribution is -0.0858. The van der Waals surface area contributed by atoms with Gasteiger partial charge in [0.2, 0.25) is 11.7 Å². The summed E-state index contributed by atoms with van der Waals surface area (Å²) in [6.07, 6.45) is 3.08. The van der Waals surface area contributed by atoms with E-state index in [1.54, 1.807) is 7.11 Å². The van der Waals surface area contributed by atoms with Crippen LogP contribution >= 0.6 is 0 Å². The molecule has 1 aromatic heterocycles. The molecule has 0 saturated heterocycles. The van der Waals surface area contributed by atoms with Crippen LogP contribution in [0.5, 0.6) is 0 Å². The molecule has 2 rings (SSSR count). The molecule has 1 aromatic rings. The van der Waals surface area contributed by atoms with Crippen LogP contribution in [0.25, 0.3) is 0 Å². The number of nitrogens with two attached hydrogens (primary N) is 1. The second kappa shape index (κ2) is 3.08. The Labute approximate surface area is 76.3 Å². The lowest BCUT2D eigenvalue weighted by Gasteiger charge is -2.37. The molecule has 1 aliphatic rings. The van der Waals surface area contributed by atoms with Crippen molar-refractivity contribution >= 4 is 0 Å². The molecule has 1 heterocycles. The Morgan fingerprint density at radius 3 is 2.77 bits per heavy atom. The van der Waals surface area contributed by atoms with Crippen LogP contribution in [0.15, 0.2) is 4.52 Å². The fraction of sp³-hybridized carbons (Fsp3) is 0.750. The first-order valence-electron chi connectivity index (χ1n) is 4.39. The van der Waals surface area contributed by atoms with Crippen LogP contribution in [0.4, 0.5) is 0 Å². The molecular weight excluding hydrogens is 170 g/mol. The van der Waals surface area contributed by atoms with Crippen molar-refractivity contribution in [2.24, 2.45) is 5.73 Å². The molecule has 72 valence electrons. The smallest absolute Gasteiger partial charge is 0.240 e. The Morgan fingerprint density at radius 1 is 1.62 bits per heavy atom. The van der Waals surface area contributed by atoms with Crippen molar-refractivity contribution in [3.8, 4) is 0 Å². The summed E-state index contributed by atoms with van der Waals surface area (Å²) in [7, 11) is 1.68. The van der Waals surface area contributed by atoms with E-state index in [1.807, 2.05) is 0 Å². The van der Waals surface area contributed by atoms with Crippen molar-refractivity contribution in [3.05, 3.63) is 11.7 Å². The van der Waals surface area contributed by atoms with Crippen LogP contribution in [0, 0.1) is 0 Å². The average molecular weight is 183 g/mol. The molecule has 0 bridgehead atoms. The van der Waals surface area contributed by atoms with Crippen LogP contribution in [0.2, 0.25) is 0 Å². The quantitative estimate of drug-likeness (QED) is 0.740. The zero-order valence-electron chi connectivity index (χ0n) is 7.62. The van der Waals surface area contributed by atoms with Crippen molar-refractivity contribution in [1.82, 2.24) is 10.1 Å². The second-order valence-corrected chi connectivity index (χ2v) is 3.27. The normalized spacial score (nSPS) is 19.8. The maximum absolute atomic E-state index is 5.39. The number of ether oxygens (including phenoxy) is 1. The summed E-state index contributed by atoms with van der Waals surface area (Å²) in [5.41, 5.74) is 5.08. The van der Waals surface area contributed by atoms with Crippen molar-refractivity contribution in [2.75, 3.05) is 7.11 Å². The van der Waals surface area contributed by atoms with Gasteiger partial charge in [0.05, 0.1) is 6.54 Å². The van der Waals surface area contributed by atoms with Crippen molar-refractivity contribution in [1.29, 1.82) is 0 Å². The van der Waals surface area contributed by atoms with E-state index in [0.717, 1.165) is 19.3 Å². The molecule has 0 aromatic carbocycles. The van der Waals surface area contributed by atoms with E-state index >= 15 is 0 Å². The van der Waals surface area contributed by atoms with Crippen molar-refractivity contribution < 1.29 is 9.26 Å². The van der Waals surface area contributed by atoms with Gasteiger partial charge < -0.3 is 15.0 Å². The molecule has 1 saturated carbocycles. The fourth-order valence-electron chi connectivity index (χ4n) is 1.54. The minimum absolute atomic E-state index is 0.285. The highest BCUT2D eigenvalue weighted by Gasteiger charge is 2.43. The molecular formula is C8H13N3O2. The maximum atomic E-state index is 5.39. The topological polar surface area (TPSA) is 74.2 Å². The van der Waals surface area contributed by atoms with Gasteiger partial charge in [0, 0.05) is 7.11 Å². The third-order valence-corrected chi connectivity index (χ3v) is 2.60. The van der Waals surface area contributed by atoms with E-state index in [9.17, 15) is 0 Å². The standard InChI is InChI=1S/C8H13N3O2/c1-12-8(3-2-4-8)7-10-6(5-9)13-11-7/h2-5,9H2,1H3. The van der Waals surface area contributed by atoms with Gasteiger partial charge in [-0.05, 0) is 19.3 Å². The maximum Gasteiger partial charge on any atom is 0.240 e. The Bertz CT molecular complexity index is 288. The molecule has 13 heavy (non-hydrogen) atoms. The first kappa shape index (κ1) is 8.65. The van der Waals surface area contributed by atoms with Crippen LogP contribution in [0.1, 0.15) is 31.0 Å². The summed E-state index contributed by atoms with van der Waals surface area (Å²) < 4.78 is 10.3. The molecule has 0 atom stereocenters. The van der Waals surface area contributed by atoms with E-state index in [2.05, 4.69) is 10.1 Å². The molecule has 2 N–H and O–H groups in total. The Balaban J connectivity index is 2.23. The number of hydrogen-bond donors (Lipinski definition) is 1. The van der Waals surface area contributed by atoms with E-state index in [1.165, 1.54) is 0 Å². The van der Waals surface area contributed by atoms with Crippen LogP contribution in [0.3, 0.4) is 0 Å². The van der Waals surface area contributed by atoms with Gasteiger partial charge in [-0.1, -0.05) is 5.16 Å². The Morgan fingerprint density at radius 2 is 2.38 bits per heavy atom.